The van der Waals surface area contributed by atoms with E-state index < -0.39 is 0 Å². The lowest BCUT2D eigenvalue weighted by Crippen LogP contribution is -2.30. The van der Waals surface area contributed by atoms with Gasteiger partial charge in [-0.25, -0.2) is 14.4 Å². The largest absolute Gasteiger partial charge is 0.328 e. The number of carbonyl (C=O) groups is 1. The molecule has 0 bridgehead atoms. The second kappa shape index (κ2) is 6.87. The van der Waals surface area contributed by atoms with Crippen LogP contribution in [0.4, 0.5) is 4.39 Å². The van der Waals surface area contributed by atoms with Crippen molar-refractivity contribution in [3.63, 3.8) is 0 Å². The van der Waals surface area contributed by atoms with E-state index in [-0.39, 0.29) is 24.3 Å². The van der Waals surface area contributed by atoms with Crippen molar-refractivity contribution in [2.75, 3.05) is 0 Å². The number of pyridine rings is 1. The highest BCUT2D eigenvalue weighted by atomic mass is 19.1. The first-order chi connectivity index (χ1) is 12.7. The fraction of sp³-hybridized carbons (Fsp3) is 0.158. The molecule has 26 heavy (non-hydrogen) atoms. The number of hydrazone groups is 1. The minimum absolute atomic E-state index is 0.116. The quantitative estimate of drug-likeness (QED) is 0.728. The maximum absolute atomic E-state index is 13.7. The Morgan fingerprint density at radius 2 is 2.12 bits per heavy atom. The summed E-state index contributed by atoms with van der Waals surface area (Å²) in [5.74, 6) is -0.529. The molecular weight excluding hydrogens is 333 g/mol. The Morgan fingerprint density at radius 1 is 1.19 bits per heavy atom. The molecule has 1 unspecified atom stereocenters. The van der Waals surface area contributed by atoms with Gasteiger partial charge < -0.3 is 4.57 Å². The standard InChI is InChI=1S/C19H16FN5O/c20-15-5-3-4-14(10-15)18-11-17(16-6-1-2-7-22-16)23-25(18)19(26)12-24-9-8-21-13-24/h1-10,13,18H,11-12H2. The molecule has 1 aromatic carbocycles. The van der Waals surface area contributed by atoms with Crippen molar-refractivity contribution in [3.05, 3.63) is 84.5 Å². The van der Waals surface area contributed by atoms with Crippen LogP contribution in [0.1, 0.15) is 23.7 Å². The summed E-state index contributed by atoms with van der Waals surface area (Å²) in [5.41, 5.74) is 2.13. The van der Waals surface area contributed by atoms with Crippen LogP contribution in [0.25, 0.3) is 0 Å². The number of imidazole rings is 1. The summed E-state index contributed by atoms with van der Waals surface area (Å²) in [6.45, 7) is 0.116. The molecular formula is C19H16FN5O. The van der Waals surface area contributed by atoms with Gasteiger partial charge in [-0.3, -0.25) is 9.78 Å². The molecule has 1 aliphatic heterocycles. The number of aromatic nitrogens is 3. The molecule has 0 fully saturated rings. The van der Waals surface area contributed by atoms with Gasteiger partial charge in [0.05, 0.1) is 23.8 Å². The lowest BCUT2D eigenvalue weighted by Gasteiger charge is -2.22. The minimum atomic E-state index is -0.362. The van der Waals surface area contributed by atoms with Crippen LogP contribution in [0, 0.1) is 5.82 Å². The van der Waals surface area contributed by atoms with Crippen LogP contribution in [0.5, 0.6) is 0 Å². The van der Waals surface area contributed by atoms with E-state index in [2.05, 4.69) is 15.1 Å². The van der Waals surface area contributed by atoms with Crippen molar-refractivity contribution in [1.29, 1.82) is 0 Å². The van der Waals surface area contributed by atoms with E-state index in [0.717, 1.165) is 0 Å². The fourth-order valence-electron chi connectivity index (χ4n) is 3.01. The molecule has 4 rings (SSSR count). The third kappa shape index (κ3) is 3.23. The first kappa shape index (κ1) is 16.1. The van der Waals surface area contributed by atoms with Crippen LogP contribution in [-0.2, 0) is 11.3 Å². The van der Waals surface area contributed by atoms with Crippen LogP contribution in [0.15, 0.2) is 72.5 Å². The molecule has 0 N–H and O–H groups in total. The monoisotopic (exact) mass is 349 g/mol. The van der Waals surface area contributed by atoms with Gasteiger partial charge in [0.15, 0.2) is 0 Å². The van der Waals surface area contributed by atoms with Gasteiger partial charge >= 0.3 is 0 Å². The average Bonchev–Trinajstić information content (AvgIpc) is 3.32. The fourth-order valence-corrected chi connectivity index (χ4v) is 3.01. The van der Waals surface area contributed by atoms with Crippen molar-refractivity contribution in [2.45, 2.75) is 19.0 Å². The first-order valence-electron chi connectivity index (χ1n) is 8.23. The first-order valence-corrected chi connectivity index (χ1v) is 8.23. The lowest BCUT2D eigenvalue weighted by atomic mass is 10.0. The Balaban J connectivity index is 1.67. The van der Waals surface area contributed by atoms with E-state index in [1.54, 1.807) is 35.6 Å². The third-order valence-electron chi connectivity index (χ3n) is 4.24. The molecule has 6 nitrogen and oxygen atoms in total. The number of hydrogen-bond donors (Lipinski definition) is 0. The van der Waals surface area contributed by atoms with Gasteiger partial charge in [-0.15, -0.1) is 0 Å². The summed E-state index contributed by atoms with van der Waals surface area (Å²) < 4.78 is 15.4. The van der Waals surface area contributed by atoms with E-state index in [0.29, 0.717) is 23.4 Å². The van der Waals surface area contributed by atoms with Gasteiger partial charge in [0.1, 0.15) is 12.4 Å². The van der Waals surface area contributed by atoms with Crippen LogP contribution in [0.2, 0.25) is 0 Å². The molecule has 0 saturated carbocycles. The Bertz CT molecular complexity index is 940. The number of benzene rings is 1. The highest BCUT2D eigenvalue weighted by molar-refractivity contribution is 6.01. The summed E-state index contributed by atoms with van der Waals surface area (Å²) in [7, 11) is 0. The molecule has 130 valence electrons. The second-order valence-electron chi connectivity index (χ2n) is 6.01. The van der Waals surface area contributed by atoms with Crippen molar-refractivity contribution in [2.24, 2.45) is 5.10 Å². The van der Waals surface area contributed by atoms with Crippen molar-refractivity contribution >= 4 is 11.6 Å². The Kier molecular flexibility index (Phi) is 4.27. The predicted octanol–water partition coefficient (Wildman–Crippen LogP) is 2.80. The molecule has 0 radical (unpaired) electrons. The van der Waals surface area contributed by atoms with Crippen LogP contribution in [0.3, 0.4) is 0 Å². The summed E-state index contributed by atoms with van der Waals surface area (Å²) in [6, 6.07) is 11.5. The lowest BCUT2D eigenvalue weighted by molar-refractivity contribution is -0.133. The Morgan fingerprint density at radius 3 is 2.85 bits per heavy atom. The van der Waals surface area contributed by atoms with Crippen molar-refractivity contribution in [1.82, 2.24) is 19.5 Å². The number of carbonyl (C=O) groups excluding carboxylic acids is 1. The second-order valence-corrected chi connectivity index (χ2v) is 6.01. The van der Waals surface area contributed by atoms with Crippen molar-refractivity contribution < 1.29 is 9.18 Å². The molecule has 1 aliphatic rings. The van der Waals surface area contributed by atoms with Gasteiger partial charge in [0.25, 0.3) is 5.91 Å². The van der Waals surface area contributed by atoms with Crippen molar-refractivity contribution in [3.8, 4) is 0 Å². The molecule has 1 atom stereocenters. The van der Waals surface area contributed by atoms with Crippen LogP contribution >= 0.6 is 0 Å². The molecule has 7 heteroatoms. The zero-order valence-electron chi connectivity index (χ0n) is 13.9. The Hall–Kier alpha value is -3.35. The van der Waals surface area contributed by atoms with Gasteiger partial charge in [-0.05, 0) is 29.8 Å². The van der Waals surface area contributed by atoms with E-state index in [9.17, 15) is 9.18 Å². The molecule has 3 aromatic rings. The molecule has 0 aliphatic carbocycles. The summed E-state index contributed by atoms with van der Waals surface area (Å²) in [4.78, 5) is 21.1. The zero-order valence-corrected chi connectivity index (χ0v) is 13.9. The average molecular weight is 349 g/mol. The van der Waals surface area contributed by atoms with Gasteiger partial charge in [0.2, 0.25) is 0 Å². The minimum Gasteiger partial charge on any atom is -0.328 e. The van der Waals surface area contributed by atoms with E-state index >= 15 is 0 Å². The SMILES string of the molecule is O=C(Cn1ccnc1)N1N=C(c2ccccn2)CC1c1cccc(F)c1. The highest BCUT2D eigenvalue weighted by Crippen LogP contribution is 2.32. The van der Waals surface area contributed by atoms with Gasteiger partial charge in [-0.2, -0.15) is 5.10 Å². The third-order valence-corrected chi connectivity index (χ3v) is 4.24. The molecule has 2 aromatic heterocycles. The highest BCUT2D eigenvalue weighted by Gasteiger charge is 2.33. The van der Waals surface area contributed by atoms with E-state index in [1.807, 2.05) is 24.3 Å². The Labute approximate surface area is 149 Å². The summed E-state index contributed by atoms with van der Waals surface area (Å²) >= 11 is 0. The molecule has 0 saturated heterocycles. The maximum atomic E-state index is 13.7. The zero-order chi connectivity index (χ0) is 17.9. The van der Waals surface area contributed by atoms with Gasteiger partial charge in [-0.1, -0.05) is 18.2 Å². The number of hydrogen-bond acceptors (Lipinski definition) is 4. The van der Waals surface area contributed by atoms with E-state index in [1.165, 1.54) is 17.1 Å². The number of nitrogens with zero attached hydrogens (tertiary/aromatic N) is 5. The van der Waals surface area contributed by atoms with Crippen LogP contribution in [-0.4, -0.2) is 31.2 Å². The predicted molar refractivity (Wildman–Crippen MR) is 93.6 cm³/mol. The number of rotatable bonds is 4. The summed E-state index contributed by atoms with van der Waals surface area (Å²) in [6.07, 6.45) is 7.08. The van der Waals surface area contributed by atoms with Gasteiger partial charge in [0, 0.05) is 25.0 Å². The maximum Gasteiger partial charge on any atom is 0.263 e. The smallest absolute Gasteiger partial charge is 0.263 e. The van der Waals surface area contributed by atoms with E-state index in [4.69, 9.17) is 0 Å². The van der Waals surface area contributed by atoms with Crippen LogP contribution < -0.4 is 0 Å². The molecule has 3 heterocycles. The molecule has 0 spiro atoms. The normalized spacial score (nSPS) is 16.6. The number of halogens is 1. The topological polar surface area (TPSA) is 63.4 Å². The summed E-state index contributed by atoms with van der Waals surface area (Å²) in [5, 5.41) is 5.94. The number of amides is 1. The molecule has 1 amide bonds.